The van der Waals surface area contributed by atoms with E-state index in [9.17, 15) is 4.80 Å². The Morgan fingerprint density at radius 1 is 1.36 bits per heavy atom. The van der Waals surface area contributed by atoms with Gasteiger partial charge in [-0.1, -0.05) is 0 Å². The first-order chi connectivity index (χ1) is 5.06. The molecule has 0 rings (SSSR count). The lowest BCUT2D eigenvalue weighted by Gasteiger charge is -2.13. The average Bonchev–Trinajstić information content (AvgIpc) is 1.85. The summed E-state index contributed by atoms with van der Waals surface area (Å²) in [5, 5.41) is 3.19. The highest BCUT2D eigenvalue weighted by Crippen LogP contribution is 2.05. The number of hydrogen-bond donors (Lipinski definition) is 3. The second-order valence-electron chi connectivity index (χ2n) is 3.45. The first kappa shape index (κ1) is 11.1. The van der Waals surface area contributed by atoms with E-state index in [4.69, 9.17) is 5.73 Å². The van der Waals surface area contributed by atoms with E-state index in [1.165, 1.54) is 0 Å². The Balaban J connectivity index is 3.02. The predicted octanol–water partition coefficient (Wildman–Crippen LogP) is 0.122. The molecule has 4 heteroatoms. The lowest BCUT2D eigenvalue weighted by Crippen LogP contribution is -2.28. The Kier molecular flexibility index (Phi) is 5.76. The molecular weight excluding hydrogens is 156 g/mol. The van der Waals surface area contributed by atoms with Gasteiger partial charge in [0.05, 0.1) is 0 Å². The van der Waals surface area contributed by atoms with E-state index >= 15 is 0 Å². The van der Waals surface area contributed by atoms with E-state index in [-0.39, 0.29) is 0 Å². The van der Waals surface area contributed by atoms with Crippen LogP contribution in [-0.4, -0.2) is 32.7 Å². The predicted molar refractivity (Wildman–Crippen MR) is 51.0 cm³/mol. The Bertz CT molecular complexity index is 92.9. The summed E-state index contributed by atoms with van der Waals surface area (Å²) in [5.74, 6) is 0. The first-order valence-electron chi connectivity index (χ1n) is 4.19. The molecule has 68 valence electrons. The van der Waals surface area contributed by atoms with Crippen LogP contribution in [0.2, 0.25) is 19.1 Å². The van der Waals surface area contributed by atoms with Crippen molar-refractivity contribution in [1.82, 2.24) is 5.32 Å². The molecule has 0 radical (unpaired) electrons. The molecule has 0 spiro atoms. The lowest BCUT2D eigenvalue weighted by atomic mass is 10.5. The van der Waals surface area contributed by atoms with E-state index in [0.717, 1.165) is 25.6 Å². The van der Waals surface area contributed by atoms with Crippen molar-refractivity contribution in [2.75, 3.05) is 19.6 Å². The average molecular weight is 176 g/mol. The third kappa shape index (κ3) is 10.1. The van der Waals surface area contributed by atoms with Crippen molar-refractivity contribution < 1.29 is 4.80 Å². The van der Waals surface area contributed by atoms with Gasteiger partial charge in [0.1, 0.15) is 0 Å². The molecular formula is C7H20N2OSi. The Morgan fingerprint density at radius 3 is 2.45 bits per heavy atom. The van der Waals surface area contributed by atoms with Gasteiger partial charge in [-0.2, -0.15) is 0 Å². The molecule has 11 heavy (non-hydrogen) atoms. The summed E-state index contributed by atoms with van der Waals surface area (Å²) in [4.78, 5) is 9.46. The third-order valence-electron chi connectivity index (χ3n) is 1.46. The van der Waals surface area contributed by atoms with Gasteiger partial charge in [0, 0.05) is 13.1 Å². The smallest absolute Gasteiger partial charge is 0.182 e. The van der Waals surface area contributed by atoms with Crippen LogP contribution < -0.4 is 11.1 Å². The largest absolute Gasteiger partial charge is 0.432 e. The Hall–Kier alpha value is 0.0969. The highest BCUT2D eigenvalue weighted by atomic mass is 28.4. The van der Waals surface area contributed by atoms with Crippen LogP contribution in [0.3, 0.4) is 0 Å². The molecule has 0 bridgehead atoms. The standard InChI is InChI=1S/C7H20N2OSi/c1-11(2,10)7-3-5-9-6-4-8/h9-10H,3-8H2,1-2H3. The summed E-state index contributed by atoms with van der Waals surface area (Å²) in [5.41, 5.74) is 5.29. The minimum absolute atomic E-state index is 0.694. The van der Waals surface area contributed by atoms with Gasteiger partial charge in [-0.3, -0.25) is 0 Å². The summed E-state index contributed by atoms with van der Waals surface area (Å²) < 4.78 is 0. The van der Waals surface area contributed by atoms with Gasteiger partial charge in [0.15, 0.2) is 8.32 Å². The SMILES string of the molecule is C[Si](C)(O)CCCNCCN. The Morgan fingerprint density at radius 2 is 2.00 bits per heavy atom. The van der Waals surface area contributed by atoms with Crippen molar-refractivity contribution in [3.63, 3.8) is 0 Å². The number of hydrogen-bond acceptors (Lipinski definition) is 3. The van der Waals surface area contributed by atoms with Crippen LogP contribution in [-0.2, 0) is 0 Å². The monoisotopic (exact) mass is 176 g/mol. The molecule has 0 aromatic rings. The van der Waals surface area contributed by atoms with Gasteiger partial charge in [-0.25, -0.2) is 0 Å². The molecule has 0 aliphatic heterocycles. The van der Waals surface area contributed by atoms with Gasteiger partial charge in [-0.05, 0) is 32.1 Å². The van der Waals surface area contributed by atoms with Crippen LogP contribution in [0, 0.1) is 0 Å². The quantitative estimate of drug-likeness (QED) is 0.398. The molecule has 0 saturated carbocycles. The minimum atomic E-state index is -1.79. The molecule has 0 aliphatic rings. The molecule has 0 aromatic heterocycles. The van der Waals surface area contributed by atoms with Crippen LogP contribution in [0.25, 0.3) is 0 Å². The van der Waals surface area contributed by atoms with Gasteiger partial charge >= 0.3 is 0 Å². The van der Waals surface area contributed by atoms with E-state index in [2.05, 4.69) is 5.32 Å². The van der Waals surface area contributed by atoms with Crippen molar-refractivity contribution in [2.45, 2.75) is 25.6 Å². The number of rotatable bonds is 6. The van der Waals surface area contributed by atoms with Crippen molar-refractivity contribution in [3.8, 4) is 0 Å². The van der Waals surface area contributed by atoms with Crippen molar-refractivity contribution in [1.29, 1.82) is 0 Å². The third-order valence-corrected chi connectivity index (χ3v) is 3.04. The molecule has 0 unspecified atom stereocenters. The zero-order chi connectivity index (χ0) is 8.74. The first-order valence-corrected chi connectivity index (χ1v) is 7.35. The number of nitrogens with two attached hydrogens (primary N) is 1. The molecule has 0 aliphatic carbocycles. The fourth-order valence-corrected chi connectivity index (χ4v) is 1.92. The molecule has 0 atom stereocenters. The molecule has 4 N–H and O–H groups in total. The zero-order valence-electron chi connectivity index (χ0n) is 7.56. The van der Waals surface area contributed by atoms with Crippen LogP contribution >= 0.6 is 0 Å². The van der Waals surface area contributed by atoms with Gasteiger partial charge in [0.25, 0.3) is 0 Å². The molecule has 3 nitrogen and oxygen atoms in total. The summed E-state index contributed by atoms with van der Waals surface area (Å²) in [6.07, 6.45) is 1.07. The van der Waals surface area contributed by atoms with E-state index in [1.54, 1.807) is 0 Å². The molecule has 0 aromatic carbocycles. The fraction of sp³-hybridized carbons (Fsp3) is 1.00. The topological polar surface area (TPSA) is 58.3 Å². The van der Waals surface area contributed by atoms with Crippen LogP contribution in [0.15, 0.2) is 0 Å². The maximum absolute atomic E-state index is 9.46. The van der Waals surface area contributed by atoms with Crippen molar-refractivity contribution >= 4 is 8.32 Å². The van der Waals surface area contributed by atoms with Gasteiger partial charge in [-0.15, -0.1) is 0 Å². The van der Waals surface area contributed by atoms with Gasteiger partial charge < -0.3 is 15.8 Å². The maximum Gasteiger partial charge on any atom is 0.182 e. The zero-order valence-corrected chi connectivity index (χ0v) is 8.56. The second kappa shape index (κ2) is 5.71. The number of nitrogens with one attached hydrogen (secondary N) is 1. The van der Waals surface area contributed by atoms with E-state index < -0.39 is 8.32 Å². The molecule has 0 saturated heterocycles. The highest BCUT2D eigenvalue weighted by Gasteiger charge is 2.14. The molecule has 0 heterocycles. The lowest BCUT2D eigenvalue weighted by molar-refractivity contribution is 0.539. The summed E-state index contributed by atoms with van der Waals surface area (Å²) >= 11 is 0. The minimum Gasteiger partial charge on any atom is -0.432 e. The van der Waals surface area contributed by atoms with E-state index in [1.807, 2.05) is 13.1 Å². The molecule has 0 amide bonds. The summed E-state index contributed by atoms with van der Waals surface area (Å²) in [6.45, 7) is 6.49. The normalized spacial score (nSPS) is 12.0. The van der Waals surface area contributed by atoms with Crippen molar-refractivity contribution in [3.05, 3.63) is 0 Å². The maximum atomic E-state index is 9.46. The fourth-order valence-electron chi connectivity index (χ4n) is 0.873. The van der Waals surface area contributed by atoms with Gasteiger partial charge in [0.2, 0.25) is 0 Å². The highest BCUT2D eigenvalue weighted by molar-refractivity contribution is 6.69. The Labute approximate surface area is 70.1 Å². The summed E-state index contributed by atoms with van der Waals surface area (Å²) in [7, 11) is -1.79. The second-order valence-corrected chi connectivity index (χ2v) is 7.58. The summed E-state index contributed by atoms with van der Waals surface area (Å²) in [6, 6.07) is 0.977. The molecule has 0 fully saturated rings. The van der Waals surface area contributed by atoms with Crippen LogP contribution in [0.5, 0.6) is 0 Å². The van der Waals surface area contributed by atoms with Crippen LogP contribution in [0.4, 0.5) is 0 Å². The van der Waals surface area contributed by atoms with Crippen molar-refractivity contribution in [2.24, 2.45) is 5.73 Å². The van der Waals surface area contributed by atoms with Crippen LogP contribution in [0.1, 0.15) is 6.42 Å². The van der Waals surface area contributed by atoms with E-state index in [0.29, 0.717) is 6.54 Å².